The molecule has 1 fully saturated rings. The normalized spacial score (nSPS) is 31.4. The smallest absolute Gasteiger partial charge is 0.0659 e. The number of hydrogen-bond acceptors (Lipinski definition) is 3. The molecule has 102 valence electrons. The van der Waals surface area contributed by atoms with Crippen LogP contribution in [0.1, 0.15) is 45.1 Å². The summed E-state index contributed by atoms with van der Waals surface area (Å²) in [7, 11) is 0. The van der Waals surface area contributed by atoms with Crippen molar-refractivity contribution in [2.24, 2.45) is 16.6 Å². The first-order valence-corrected chi connectivity index (χ1v) is 7.84. The molecule has 0 amide bonds. The van der Waals surface area contributed by atoms with E-state index in [2.05, 4.69) is 30.7 Å². The van der Waals surface area contributed by atoms with Gasteiger partial charge in [-0.05, 0) is 53.5 Å². The number of rotatable bonds is 4. The molecule has 0 saturated heterocycles. The van der Waals surface area contributed by atoms with Crippen LogP contribution in [0.15, 0.2) is 16.8 Å². The first-order valence-electron chi connectivity index (χ1n) is 6.89. The Balaban J connectivity index is 2.09. The van der Waals surface area contributed by atoms with E-state index in [9.17, 15) is 5.11 Å². The van der Waals surface area contributed by atoms with E-state index in [4.69, 9.17) is 5.73 Å². The number of aliphatic hydroxyl groups is 1. The second-order valence-corrected chi connectivity index (χ2v) is 7.22. The van der Waals surface area contributed by atoms with Gasteiger partial charge in [-0.3, -0.25) is 0 Å². The number of hydrogen-bond donors (Lipinski definition) is 2. The SMILES string of the molecule is CC1(C)CCCC(CN)(CCc2ccsc2)C1O. The summed E-state index contributed by atoms with van der Waals surface area (Å²) in [5.74, 6) is 0. The first kappa shape index (κ1) is 14.0. The Kier molecular flexibility index (Phi) is 4.15. The molecule has 3 heteroatoms. The minimum atomic E-state index is -0.276. The van der Waals surface area contributed by atoms with Gasteiger partial charge in [0.2, 0.25) is 0 Å². The highest BCUT2D eigenvalue weighted by Gasteiger charge is 2.47. The molecule has 3 N–H and O–H groups in total. The van der Waals surface area contributed by atoms with E-state index in [1.54, 1.807) is 11.3 Å². The quantitative estimate of drug-likeness (QED) is 0.880. The van der Waals surface area contributed by atoms with Crippen LogP contribution in [0.3, 0.4) is 0 Å². The van der Waals surface area contributed by atoms with Crippen LogP contribution in [0.5, 0.6) is 0 Å². The largest absolute Gasteiger partial charge is 0.392 e. The Morgan fingerprint density at radius 2 is 2.22 bits per heavy atom. The van der Waals surface area contributed by atoms with E-state index in [0.717, 1.165) is 25.7 Å². The number of thiophene rings is 1. The van der Waals surface area contributed by atoms with E-state index in [1.165, 1.54) is 12.0 Å². The standard InChI is InChI=1S/C15H25NOS/c1-14(2)6-3-7-15(11-16,13(14)17)8-4-12-5-9-18-10-12/h5,9-10,13,17H,3-4,6-8,11,16H2,1-2H3. The van der Waals surface area contributed by atoms with Crippen molar-refractivity contribution in [3.63, 3.8) is 0 Å². The van der Waals surface area contributed by atoms with Crippen LogP contribution in [0.4, 0.5) is 0 Å². The van der Waals surface area contributed by atoms with Gasteiger partial charge < -0.3 is 10.8 Å². The van der Waals surface area contributed by atoms with Crippen molar-refractivity contribution in [3.8, 4) is 0 Å². The van der Waals surface area contributed by atoms with E-state index in [0.29, 0.717) is 6.54 Å². The Bertz CT molecular complexity index is 374. The maximum Gasteiger partial charge on any atom is 0.0659 e. The van der Waals surface area contributed by atoms with Gasteiger partial charge in [-0.1, -0.05) is 20.3 Å². The van der Waals surface area contributed by atoms with Gasteiger partial charge in [-0.2, -0.15) is 11.3 Å². The van der Waals surface area contributed by atoms with Crippen molar-refractivity contribution in [2.45, 2.75) is 52.1 Å². The Hall–Kier alpha value is -0.380. The number of aliphatic hydroxyl groups excluding tert-OH is 1. The monoisotopic (exact) mass is 267 g/mol. The molecule has 1 aromatic rings. The van der Waals surface area contributed by atoms with E-state index in [-0.39, 0.29) is 16.9 Å². The highest BCUT2D eigenvalue weighted by molar-refractivity contribution is 7.07. The summed E-state index contributed by atoms with van der Waals surface area (Å²) in [6.45, 7) is 4.94. The predicted octanol–water partition coefficient (Wildman–Crippen LogP) is 3.20. The number of aryl methyl sites for hydroxylation is 1. The zero-order chi connectivity index (χ0) is 13.2. The second kappa shape index (κ2) is 5.32. The highest BCUT2D eigenvalue weighted by Crippen LogP contribution is 2.48. The Labute approximate surface area is 114 Å². The molecule has 2 nitrogen and oxygen atoms in total. The molecule has 0 aromatic carbocycles. The molecule has 2 atom stereocenters. The Morgan fingerprint density at radius 3 is 2.83 bits per heavy atom. The molecule has 2 rings (SSSR count). The lowest BCUT2D eigenvalue weighted by Crippen LogP contribution is -2.52. The topological polar surface area (TPSA) is 46.2 Å². The zero-order valence-electron chi connectivity index (χ0n) is 11.5. The predicted molar refractivity (Wildman–Crippen MR) is 77.8 cm³/mol. The average Bonchev–Trinajstić information content (AvgIpc) is 2.85. The molecule has 1 saturated carbocycles. The molecule has 18 heavy (non-hydrogen) atoms. The molecule has 0 radical (unpaired) electrons. The maximum absolute atomic E-state index is 10.7. The third-order valence-corrected chi connectivity index (χ3v) is 5.45. The number of nitrogens with two attached hydrogens (primary N) is 1. The van der Waals surface area contributed by atoms with Crippen LogP contribution in [-0.2, 0) is 6.42 Å². The van der Waals surface area contributed by atoms with E-state index in [1.807, 2.05) is 0 Å². The van der Waals surface area contributed by atoms with Gasteiger partial charge in [0.15, 0.2) is 0 Å². The third kappa shape index (κ3) is 2.63. The van der Waals surface area contributed by atoms with Crippen LogP contribution >= 0.6 is 11.3 Å². The van der Waals surface area contributed by atoms with Crippen molar-refractivity contribution in [1.29, 1.82) is 0 Å². The summed E-state index contributed by atoms with van der Waals surface area (Å²) in [6.07, 6.45) is 5.12. The van der Waals surface area contributed by atoms with Crippen molar-refractivity contribution in [1.82, 2.24) is 0 Å². The molecule has 0 bridgehead atoms. The fraction of sp³-hybridized carbons (Fsp3) is 0.733. The van der Waals surface area contributed by atoms with Crippen molar-refractivity contribution in [2.75, 3.05) is 6.54 Å². The highest BCUT2D eigenvalue weighted by atomic mass is 32.1. The van der Waals surface area contributed by atoms with Gasteiger partial charge in [0.1, 0.15) is 0 Å². The molecule has 2 unspecified atom stereocenters. The maximum atomic E-state index is 10.7. The molecule has 1 aliphatic carbocycles. The minimum absolute atomic E-state index is 0.00622. The fourth-order valence-corrected chi connectivity index (χ4v) is 4.11. The second-order valence-electron chi connectivity index (χ2n) is 6.44. The third-order valence-electron chi connectivity index (χ3n) is 4.71. The zero-order valence-corrected chi connectivity index (χ0v) is 12.3. The van der Waals surface area contributed by atoms with E-state index < -0.39 is 0 Å². The molecule has 0 spiro atoms. The fourth-order valence-electron chi connectivity index (χ4n) is 3.40. The first-order chi connectivity index (χ1) is 8.50. The van der Waals surface area contributed by atoms with Gasteiger partial charge in [-0.15, -0.1) is 0 Å². The summed E-state index contributed by atoms with van der Waals surface area (Å²) in [6, 6.07) is 2.18. The van der Waals surface area contributed by atoms with Crippen LogP contribution in [0.2, 0.25) is 0 Å². The van der Waals surface area contributed by atoms with Crippen molar-refractivity contribution in [3.05, 3.63) is 22.4 Å². The van der Waals surface area contributed by atoms with Gasteiger partial charge in [0.05, 0.1) is 6.10 Å². The summed E-state index contributed by atoms with van der Waals surface area (Å²) < 4.78 is 0. The summed E-state index contributed by atoms with van der Waals surface area (Å²) >= 11 is 1.74. The lowest BCUT2D eigenvalue weighted by molar-refractivity contribution is -0.0923. The molecule has 0 aliphatic heterocycles. The van der Waals surface area contributed by atoms with Crippen LogP contribution in [0.25, 0.3) is 0 Å². The van der Waals surface area contributed by atoms with Crippen molar-refractivity contribution >= 4 is 11.3 Å². The molecule has 1 aromatic heterocycles. The molecule has 1 heterocycles. The van der Waals surface area contributed by atoms with E-state index >= 15 is 0 Å². The molecular formula is C15H25NOS. The molecule has 1 aliphatic rings. The summed E-state index contributed by atoms with van der Waals surface area (Å²) in [5.41, 5.74) is 7.34. The van der Waals surface area contributed by atoms with Crippen LogP contribution in [0, 0.1) is 10.8 Å². The Morgan fingerprint density at radius 1 is 1.44 bits per heavy atom. The van der Waals surface area contributed by atoms with Crippen LogP contribution < -0.4 is 5.73 Å². The van der Waals surface area contributed by atoms with Crippen molar-refractivity contribution < 1.29 is 5.11 Å². The van der Waals surface area contributed by atoms with Gasteiger partial charge in [0, 0.05) is 12.0 Å². The molecular weight excluding hydrogens is 242 g/mol. The lowest BCUT2D eigenvalue weighted by Gasteiger charge is -2.49. The van der Waals surface area contributed by atoms with Gasteiger partial charge in [-0.25, -0.2) is 0 Å². The minimum Gasteiger partial charge on any atom is -0.392 e. The lowest BCUT2D eigenvalue weighted by atomic mass is 9.59. The van der Waals surface area contributed by atoms with Gasteiger partial charge in [0.25, 0.3) is 0 Å². The summed E-state index contributed by atoms with van der Waals surface area (Å²) in [4.78, 5) is 0. The average molecular weight is 267 g/mol. The van der Waals surface area contributed by atoms with Gasteiger partial charge >= 0.3 is 0 Å². The summed E-state index contributed by atoms with van der Waals surface area (Å²) in [5, 5.41) is 15.0. The van der Waals surface area contributed by atoms with Crippen LogP contribution in [-0.4, -0.2) is 17.8 Å².